The molecule has 0 radical (unpaired) electrons. The standard InChI is InChI=1S/C7H15IO3SSi/c1-2-9-13(7-8)10-3-5-12-6-4-11-13/h2-7H2,1H3. The highest BCUT2D eigenvalue weighted by atomic mass is 127. The molecule has 0 bridgehead atoms. The van der Waals surface area contributed by atoms with Gasteiger partial charge in [0.2, 0.25) is 0 Å². The molecule has 0 aromatic rings. The average molecular weight is 334 g/mol. The summed E-state index contributed by atoms with van der Waals surface area (Å²) < 4.78 is 17.9. The molecule has 1 rings (SSSR count). The Morgan fingerprint density at radius 2 is 2.00 bits per heavy atom. The molecule has 3 nitrogen and oxygen atoms in total. The minimum Gasteiger partial charge on any atom is -0.373 e. The van der Waals surface area contributed by atoms with Crippen LogP contribution in [0.25, 0.3) is 0 Å². The van der Waals surface area contributed by atoms with Crippen molar-refractivity contribution in [3.8, 4) is 0 Å². The maximum atomic E-state index is 5.73. The molecular formula is C7H15IO3SSi. The van der Waals surface area contributed by atoms with Gasteiger partial charge in [0.25, 0.3) is 0 Å². The molecule has 0 spiro atoms. The quantitative estimate of drug-likeness (QED) is 0.446. The van der Waals surface area contributed by atoms with Crippen LogP contribution in [-0.2, 0) is 13.3 Å². The number of thioether (sulfide) groups is 1. The van der Waals surface area contributed by atoms with Crippen LogP contribution in [0.15, 0.2) is 0 Å². The van der Waals surface area contributed by atoms with Crippen molar-refractivity contribution in [2.45, 2.75) is 6.92 Å². The van der Waals surface area contributed by atoms with Crippen molar-refractivity contribution in [3.63, 3.8) is 0 Å². The third-order valence-corrected chi connectivity index (χ3v) is 7.68. The first-order valence-corrected chi connectivity index (χ1v) is 9.00. The van der Waals surface area contributed by atoms with Gasteiger partial charge in [-0.2, -0.15) is 11.8 Å². The molecule has 0 aromatic carbocycles. The van der Waals surface area contributed by atoms with Crippen LogP contribution < -0.4 is 0 Å². The van der Waals surface area contributed by atoms with E-state index >= 15 is 0 Å². The lowest BCUT2D eigenvalue weighted by atomic mass is 10.9. The topological polar surface area (TPSA) is 27.7 Å². The van der Waals surface area contributed by atoms with E-state index in [0.29, 0.717) is 6.61 Å². The van der Waals surface area contributed by atoms with Crippen LogP contribution in [0.2, 0.25) is 0 Å². The summed E-state index contributed by atoms with van der Waals surface area (Å²) in [6.07, 6.45) is 0. The van der Waals surface area contributed by atoms with Gasteiger partial charge in [-0.1, -0.05) is 22.6 Å². The molecule has 1 aliphatic rings. The van der Waals surface area contributed by atoms with E-state index < -0.39 is 8.80 Å². The molecule has 0 unspecified atom stereocenters. The number of halogens is 1. The van der Waals surface area contributed by atoms with E-state index in [1.54, 1.807) is 0 Å². The van der Waals surface area contributed by atoms with Crippen molar-refractivity contribution in [2.24, 2.45) is 0 Å². The highest BCUT2D eigenvalue weighted by Crippen LogP contribution is 2.17. The molecular weight excluding hydrogens is 319 g/mol. The zero-order valence-corrected chi connectivity index (χ0v) is 11.7. The molecule has 13 heavy (non-hydrogen) atoms. The molecule has 0 aromatic heterocycles. The van der Waals surface area contributed by atoms with Crippen LogP contribution in [0, 0.1) is 0 Å². The maximum absolute atomic E-state index is 5.73. The van der Waals surface area contributed by atoms with Gasteiger partial charge in [-0.15, -0.1) is 0 Å². The summed E-state index contributed by atoms with van der Waals surface area (Å²) in [6, 6.07) is 0. The largest absolute Gasteiger partial charge is 0.511 e. The first kappa shape index (κ1) is 12.2. The molecule has 1 fully saturated rings. The number of rotatable bonds is 3. The molecule has 0 saturated carbocycles. The van der Waals surface area contributed by atoms with E-state index in [1.807, 2.05) is 18.7 Å². The zero-order valence-electron chi connectivity index (χ0n) is 7.75. The lowest BCUT2D eigenvalue weighted by Crippen LogP contribution is -2.49. The summed E-state index contributed by atoms with van der Waals surface area (Å²) in [5.41, 5.74) is 0. The molecule has 1 heterocycles. The molecule has 1 aliphatic heterocycles. The molecule has 0 aliphatic carbocycles. The number of alkyl halides is 1. The SMILES string of the molecule is CCO[Si]1(CI)OCCSCCO1. The van der Waals surface area contributed by atoms with Crippen molar-refractivity contribution >= 4 is 43.2 Å². The summed E-state index contributed by atoms with van der Waals surface area (Å²) in [6.45, 7) is 4.20. The second-order valence-electron chi connectivity index (χ2n) is 2.56. The fourth-order valence-corrected chi connectivity index (χ4v) is 5.71. The molecule has 1 saturated heterocycles. The van der Waals surface area contributed by atoms with Crippen molar-refractivity contribution < 1.29 is 13.3 Å². The zero-order chi connectivity index (χ0) is 9.57. The summed E-state index contributed by atoms with van der Waals surface area (Å²) in [5, 5.41) is 0. The Morgan fingerprint density at radius 3 is 2.46 bits per heavy atom. The molecule has 6 heteroatoms. The smallest absolute Gasteiger partial charge is 0.373 e. The van der Waals surface area contributed by atoms with E-state index in [1.165, 1.54) is 0 Å². The van der Waals surface area contributed by atoms with Crippen molar-refractivity contribution in [2.75, 3.05) is 35.4 Å². The first-order chi connectivity index (χ1) is 6.33. The first-order valence-electron chi connectivity index (χ1n) is 4.38. The van der Waals surface area contributed by atoms with Gasteiger partial charge in [0.05, 0.1) is 4.05 Å². The Morgan fingerprint density at radius 1 is 1.38 bits per heavy atom. The van der Waals surface area contributed by atoms with E-state index in [4.69, 9.17) is 13.3 Å². The van der Waals surface area contributed by atoms with Crippen molar-refractivity contribution in [3.05, 3.63) is 0 Å². The Kier molecular flexibility index (Phi) is 6.24. The van der Waals surface area contributed by atoms with Gasteiger partial charge in [0, 0.05) is 31.3 Å². The highest BCUT2D eigenvalue weighted by Gasteiger charge is 2.40. The van der Waals surface area contributed by atoms with Crippen LogP contribution in [0.4, 0.5) is 0 Å². The van der Waals surface area contributed by atoms with Crippen LogP contribution in [-0.4, -0.2) is 44.2 Å². The van der Waals surface area contributed by atoms with Crippen LogP contribution >= 0.6 is 34.4 Å². The predicted molar refractivity (Wildman–Crippen MR) is 65.5 cm³/mol. The Labute approximate surface area is 98.4 Å². The monoisotopic (exact) mass is 334 g/mol. The van der Waals surface area contributed by atoms with Crippen molar-refractivity contribution in [1.29, 1.82) is 0 Å². The van der Waals surface area contributed by atoms with Gasteiger partial charge in [-0.05, 0) is 6.92 Å². The van der Waals surface area contributed by atoms with E-state index in [0.717, 1.165) is 28.8 Å². The minimum atomic E-state index is -2.27. The Hall–Kier alpha value is 1.18. The predicted octanol–water partition coefficient (Wildman–Crippen LogP) is 1.72. The van der Waals surface area contributed by atoms with E-state index in [-0.39, 0.29) is 0 Å². The second kappa shape index (κ2) is 6.62. The van der Waals surface area contributed by atoms with Gasteiger partial charge in [0.1, 0.15) is 0 Å². The normalized spacial score (nSPS) is 23.5. The molecule has 78 valence electrons. The lowest BCUT2D eigenvalue weighted by Gasteiger charge is -2.29. The lowest BCUT2D eigenvalue weighted by molar-refractivity contribution is 0.0778. The highest BCUT2D eigenvalue weighted by molar-refractivity contribution is 14.1. The summed E-state index contributed by atoms with van der Waals surface area (Å²) in [7, 11) is -2.27. The molecule has 0 atom stereocenters. The van der Waals surface area contributed by atoms with Gasteiger partial charge >= 0.3 is 8.80 Å². The van der Waals surface area contributed by atoms with Crippen LogP contribution in [0.1, 0.15) is 6.92 Å². The van der Waals surface area contributed by atoms with Crippen molar-refractivity contribution in [1.82, 2.24) is 0 Å². The molecule has 0 amide bonds. The van der Waals surface area contributed by atoms with Gasteiger partial charge in [-0.25, -0.2) is 0 Å². The molecule has 0 N–H and O–H groups in total. The fourth-order valence-electron chi connectivity index (χ4n) is 1.07. The Balaban J connectivity index is 2.47. The fraction of sp³-hybridized carbons (Fsp3) is 1.00. The minimum absolute atomic E-state index is 0.683. The second-order valence-corrected chi connectivity index (χ2v) is 8.57. The van der Waals surface area contributed by atoms with Gasteiger partial charge in [0.15, 0.2) is 0 Å². The van der Waals surface area contributed by atoms with Crippen LogP contribution in [0.5, 0.6) is 0 Å². The maximum Gasteiger partial charge on any atom is 0.511 e. The summed E-state index contributed by atoms with van der Waals surface area (Å²) in [5.74, 6) is 2.11. The third-order valence-electron chi connectivity index (χ3n) is 1.63. The number of hydrogen-bond acceptors (Lipinski definition) is 4. The van der Waals surface area contributed by atoms with Gasteiger partial charge in [-0.3, -0.25) is 0 Å². The van der Waals surface area contributed by atoms with E-state index in [9.17, 15) is 0 Å². The van der Waals surface area contributed by atoms with Gasteiger partial charge < -0.3 is 13.3 Å². The number of hydrogen-bond donors (Lipinski definition) is 0. The Bertz CT molecular complexity index is 142. The van der Waals surface area contributed by atoms with Crippen LogP contribution in [0.3, 0.4) is 0 Å². The average Bonchev–Trinajstić information content (AvgIpc) is 2.10. The summed E-state index contributed by atoms with van der Waals surface area (Å²) in [4.78, 5) is 0. The van der Waals surface area contributed by atoms with E-state index in [2.05, 4.69) is 22.6 Å². The third kappa shape index (κ3) is 4.04. The summed E-state index contributed by atoms with van der Waals surface area (Å²) >= 11 is 4.17.